The average Bonchev–Trinajstić information content (AvgIpc) is 3.30. The molecule has 2 aliphatic heterocycles. The number of rotatable bonds is 8. The van der Waals surface area contributed by atoms with Gasteiger partial charge in [-0.3, -0.25) is 23.9 Å². The van der Waals surface area contributed by atoms with Gasteiger partial charge < -0.3 is 15.5 Å². The Labute approximate surface area is 213 Å². The predicted octanol–water partition coefficient (Wildman–Crippen LogP) is 2.82. The fourth-order valence-electron chi connectivity index (χ4n) is 4.98. The lowest BCUT2D eigenvalue weighted by molar-refractivity contribution is -0.321. The number of Topliss-reactive ketones (excluding diaryl/α,β-unsaturated/α-hetero) is 1. The molecule has 1 aromatic carbocycles. The zero-order valence-electron chi connectivity index (χ0n) is 20.0. The number of hydrogen-bond donors (Lipinski definition) is 2. The first kappa shape index (κ1) is 27.9. The molecular weight excluding hydrogens is 524 g/mol. The van der Waals surface area contributed by atoms with Crippen LogP contribution in [0.15, 0.2) is 24.3 Å². The van der Waals surface area contributed by atoms with Gasteiger partial charge >= 0.3 is 12.5 Å². The number of likely N-dealkylation sites (tertiary alicyclic amines) is 1. The summed E-state index contributed by atoms with van der Waals surface area (Å²) in [5.41, 5.74) is -1.69. The first-order chi connectivity index (χ1) is 17.7. The van der Waals surface area contributed by atoms with Crippen LogP contribution in [-0.4, -0.2) is 66.5 Å². The van der Waals surface area contributed by atoms with Gasteiger partial charge in [0.05, 0.1) is 11.6 Å². The van der Waals surface area contributed by atoms with Crippen LogP contribution in [-0.2, 0) is 25.3 Å². The van der Waals surface area contributed by atoms with Crippen molar-refractivity contribution in [1.82, 2.24) is 15.5 Å². The molecule has 4 rings (SSSR count). The Morgan fingerprint density at radius 2 is 1.87 bits per heavy atom. The summed E-state index contributed by atoms with van der Waals surface area (Å²) in [6.07, 6.45) is -8.17. The van der Waals surface area contributed by atoms with Crippen molar-refractivity contribution in [2.45, 2.75) is 56.7 Å². The lowest BCUT2D eigenvalue weighted by Crippen LogP contribution is -2.52. The lowest BCUT2D eigenvalue weighted by atomic mass is 9.95. The second-order valence-electron chi connectivity index (χ2n) is 10.0. The molecule has 3 aliphatic rings. The van der Waals surface area contributed by atoms with Crippen molar-refractivity contribution in [2.24, 2.45) is 11.3 Å². The van der Waals surface area contributed by atoms with E-state index in [0.717, 1.165) is 17.0 Å². The fourth-order valence-corrected chi connectivity index (χ4v) is 4.98. The van der Waals surface area contributed by atoms with Gasteiger partial charge in [-0.05, 0) is 55.7 Å². The van der Waals surface area contributed by atoms with Gasteiger partial charge in [-0.15, -0.1) is 13.2 Å². The number of nitrogens with zero attached hydrogens (tertiary/aromatic N) is 1. The number of alkyl halides is 6. The van der Waals surface area contributed by atoms with E-state index in [4.69, 9.17) is 0 Å². The molecule has 3 atom stereocenters. The minimum absolute atomic E-state index is 0.112. The summed E-state index contributed by atoms with van der Waals surface area (Å²) in [7, 11) is 0. The Morgan fingerprint density at radius 3 is 2.45 bits per heavy atom. The number of benzene rings is 1. The molecule has 1 spiro atoms. The van der Waals surface area contributed by atoms with Crippen LogP contribution in [0.2, 0.25) is 0 Å². The highest BCUT2D eigenvalue weighted by Gasteiger charge is 2.55. The van der Waals surface area contributed by atoms with Crippen molar-refractivity contribution in [3.63, 3.8) is 0 Å². The van der Waals surface area contributed by atoms with Gasteiger partial charge in [-0.25, -0.2) is 0 Å². The lowest BCUT2D eigenvalue weighted by Gasteiger charge is -2.27. The molecule has 0 bridgehead atoms. The maximum absolute atomic E-state index is 13.3. The third-order valence-corrected chi connectivity index (χ3v) is 7.23. The molecule has 38 heavy (non-hydrogen) atoms. The zero-order chi connectivity index (χ0) is 27.9. The normalized spacial score (nSPS) is 23.3. The van der Waals surface area contributed by atoms with Gasteiger partial charge in [0.1, 0.15) is 12.6 Å². The topological polar surface area (TPSA) is 105 Å². The number of ether oxygens (including phenoxy) is 1. The summed E-state index contributed by atoms with van der Waals surface area (Å²) in [5.74, 6) is -3.88. The third-order valence-electron chi connectivity index (χ3n) is 7.23. The molecule has 8 nitrogen and oxygen atoms in total. The summed E-state index contributed by atoms with van der Waals surface area (Å²) in [6.45, 7) is -0.965. The largest absolute Gasteiger partial charge is 0.522 e. The number of carbonyl (C=O) groups is 4. The van der Waals surface area contributed by atoms with Crippen LogP contribution in [0.5, 0.6) is 0 Å². The van der Waals surface area contributed by atoms with E-state index in [9.17, 15) is 45.5 Å². The Kier molecular flexibility index (Phi) is 7.47. The van der Waals surface area contributed by atoms with Crippen LogP contribution in [0.3, 0.4) is 0 Å². The molecule has 0 radical (unpaired) electrons. The molecule has 14 heteroatoms. The summed E-state index contributed by atoms with van der Waals surface area (Å²) in [6, 6.07) is 1.12. The van der Waals surface area contributed by atoms with Crippen LogP contribution >= 0.6 is 0 Å². The maximum Gasteiger partial charge on any atom is 0.522 e. The number of carbonyl (C=O) groups excluding carboxylic acids is 4. The second-order valence-corrected chi connectivity index (χ2v) is 10.0. The van der Waals surface area contributed by atoms with E-state index in [2.05, 4.69) is 15.4 Å². The number of hydrogen-bond acceptors (Lipinski definition) is 5. The highest BCUT2D eigenvalue weighted by molar-refractivity contribution is 5.99. The van der Waals surface area contributed by atoms with Crippen LogP contribution in [0, 0.1) is 11.3 Å². The first-order valence-electron chi connectivity index (χ1n) is 12.0. The highest BCUT2D eigenvalue weighted by Crippen LogP contribution is 2.55. The Hall–Kier alpha value is -3.16. The van der Waals surface area contributed by atoms with Gasteiger partial charge in [0, 0.05) is 24.6 Å². The van der Waals surface area contributed by atoms with Crippen LogP contribution < -0.4 is 10.6 Å². The highest BCUT2D eigenvalue weighted by atomic mass is 19.4. The van der Waals surface area contributed by atoms with Gasteiger partial charge in [0.15, 0.2) is 5.78 Å². The molecule has 3 amide bonds. The van der Waals surface area contributed by atoms with E-state index < -0.39 is 66.2 Å². The molecule has 2 saturated heterocycles. The molecule has 2 heterocycles. The number of nitrogens with one attached hydrogen (secondary N) is 2. The van der Waals surface area contributed by atoms with E-state index >= 15 is 0 Å². The Balaban J connectivity index is 1.53. The van der Waals surface area contributed by atoms with Gasteiger partial charge in [-0.1, -0.05) is 6.07 Å². The van der Waals surface area contributed by atoms with Crippen molar-refractivity contribution in [3.8, 4) is 0 Å². The Morgan fingerprint density at radius 1 is 1.16 bits per heavy atom. The standard InChI is InChI=1S/C24H25F6N3O5/c25-23(26,27)15-3-1-2-14(8-15)21(37)33-12-22(5-6-22)10-17(33)20(36)32-16(9-13-4-7-31-19(13)35)18(34)11-38-24(28,29)30/h1-3,8,13,16-17H,4-7,9-12H2,(H,31,35)(H,32,36)/t13-,16?,17-/m0/s1. The molecule has 1 saturated carbocycles. The number of halogens is 6. The molecule has 3 fully saturated rings. The summed E-state index contributed by atoms with van der Waals surface area (Å²) < 4.78 is 80.6. The second kappa shape index (κ2) is 10.2. The van der Waals surface area contributed by atoms with Crippen LogP contribution in [0.4, 0.5) is 26.3 Å². The molecule has 1 aliphatic carbocycles. The van der Waals surface area contributed by atoms with Crippen LogP contribution in [0.1, 0.15) is 48.0 Å². The minimum atomic E-state index is -5.09. The van der Waals surface area contributed by atoms with E-state index in [-0.39, 0.29) is 30.4 Å². The smallest absolute Gasteiger partial charge is 0.356 e. The molecule has 1 aromatic rings. The minimum Gasteiger partial charge on any atom is -0.356 e. The molecule has 1 unspecified atom stereocenters. The number of ketones is 1. The van der Waals surface area contributed by atoms with E-state index in [0.29, 0.717) is 31.9 Å². The Bertz CT molecular complexity index is 1120. The van der Waals surface area contributed by atoms with E-state index in [1.54, 1.807) is 0 Å². The van der Waals surface area contributed by atoms with Crippen molar-refractivity contribution in [2.75, 3.05) is 19.7 Å². The van der Waals surface area contributed by atoms with Crippen molar-refractivity contribution in [1.29, 1.82) is 0 Å². The van der Waals surface area contributed by atoms with Crippen LogP contribution in [0.25, 0.3) is 0 Å². The maximum atomic E-state index is 13.3. The molecule has 208 valence electrons. The van der Waals surface area contributed by atoms with Crippen molar-refractivity contribution >= 4 is 23.5 Å². The van der Waals surface area contributed by atoms with E-state index in [1.807, 2.05) is 0 Å². The molecule has 2 N–H and O–H groups in total. The SMILES string of the molecule is O=C(COC(F)(F)F)C(C[C@@H]1CCNC1=O)NC(=O)[C@@H]1CC2(CC2)CN1C(=O)c1cccc(C(F)(F)F)c1. The molecular formula is C24H25F6N3O5. The quantitative estimate of drug-likeness (QED) is 0.486. The number of amides is 3. The molecule has 0 aromatic heterocycles. The van der Waals surface area contributed by atoms with Gasteiger partial charge in [0.2, 0.25) is 11.8 Å². The van der Waals surface area contributed by atoms with E-state index in [1.165, 1.54) is 6.07 Å². The summed E-state index contributed by atoms with van der Waals surface area (Å²) in [5, 5.41) is 4.94. The fraction of sp³-hybridized carbons (Fsp3) is 0.583. The van der Waals surface area contributed by atoms with Crippen molar-refractivity contribution in [3.05, 3.63) is 35.4 Å². The van der Waals surface area contributed by atoms with Crippen molar-refractivity contribution < 1.29 is 50.3 Å². The van der Waals surface area contributed by atoms with Gasteiger partial charge in [0.25, 0.3) is 5.91 Å². The first-order valence-corrected chi connectivity index (χ1v) is 12.0. The predicted molar refractivity (Wildman–Crippen MR) is 117 cm³/mol. The zero-order valence-corrected chi connectivity index (χ0v) is 20.0. The third kappa shape index (κ3) is 6.45. The summed E-state index contributed by atoms with van der Waals surface area (Å²) >= 11 is 0. The monoisotopic (exact) mass is 549 g/mol. The summed E-state index contributed by atoms with van der Waals surface area (Å²) in [4.78, 5) is 52.3. The average molecular weight is 549 g/mol. The van der Waals surface area contributed by atoms with Gasteiger partial charge in [-0.2, -0.15) is 13.2 Å².